The van der Waals surface area contributed by atoms with Crippen LogP contribution in [0.5, 0.6) is 0 Å². The Balaban J connectivity index is -0.0000000457. The molecule has 0 heterocycles. The first kappa shape index (κ1) is 24.1. The zero-order chi connectivity index (χ0) is 9.00. The first-order valence-corrected chi connectivity index (χ1v) is 5.25. The monoisotopic (exact) mass is 330 g/mol. The fourth-order valence-corrected chi connectivity index (χ4v) is 0. The Morgan fingerprint density at radius 1 is 0.750 bits per heavy atom. The molecule has 0 aliphatic carbocycles. The molecule has 12 heavy (non-hydrogen) atoms. The van der Waals surface area contributed by atoms with Crippen molar-refractivity contribution in [2.45, 2.75) is 0 Å². The summed E-state index contributed by atoms with van der Waals surface area (Å²) in [4.78, 5) is 61.1. The molecule has 0 aromatic heterocycles. The van der Waals surface area contributed by atoms with Crippen LogP contribution in [0.2, 0.25) is 0 Å². The summed E-state index contributed by atoms with van der Waals surface area (Å²) in [5, 5.41) is 0. The Morgan fingerprint density at radius 3 is 0.750 bits per heavy atom. The van der Waals surface area contributed by atoms with Crippen LogP contribution in [0.1, 0.15) is 0 Å². The molecule has 0 aromatic rings. The standard InChI is InChI=1S/Cs.Li.H4O4Si.H2O4Si/c;;2*1-5(2,3)4/h;;1-4H;1-2H/q2*+1;;-2. The van der Waals surface area contributed by atoms with E-state index in [1.54, 1.807) is 0 Å². The molecule has 12 heteroatoms. The summed E-state index contributed by atoms with van der Waals surface area (Å²) in [6, 6.07) is 0. The number of rotatable bonds is 0. The molecule has 0 aliphatic heterocycles. The summed E-state index contributed by atoms with van der Waals surface area (Å²) in [5.41, 5.74) is 0. The molecule has 0 unspecified atom stereocenters. The van der Waals surface area contributed by atoms with Crippen molar-refractivity contribution < 1.29 is 126 Å². The van der Waals surface area contributed by atoms with Crippen LogP contribution in [0, 0.1) is 0 Å². The average Bonchev–Trinajstić information content (AvgIpc) is 1.12. The molecule has 0 aliphatic rings. The van der Waals surface area contributed by atoms with E-state index in [0.29, 0.717) is 0 Å². The zero-order valence-corrected chi connectivity index (χ0v) is 14.8. The summed E-state index contributed by atoms with van der Waals surface area (Å²) in [5.74, 6) is 0. The van der Waals surface area contributed by atoms with Gasteiger partial charge in [0, 0.05) is 0 Å². The Bertz CT molecular complexity index is 60.0. The minimum Gasteiger partial charge on any atom is -0.828 e. The summed E-state index contributed by atoms with van der Waals surface area (Å²) >= 11 is 0. The van der Waals surface area contributed by atoms with E-state index in [-0.39, 0.29) is 87.8 Å². The second kappa shape index (κ2) is 10.3. The molecule has 0 saturated heterocycles. The van der Waals surface area contributed by atoms with Crippen LogP contribution in [-0.2, 0) is 0 Å². The second-order valence-corrected chi connectivity index (χ2v) is 3.45. The SMILES string of the molecule is O[Si](O)(O)O.[Cs+].[Li+].[O-][Si]([O-])(O)O. The van der Waals surface area contributed by atoms with Gasteiger partial charge in [0.2, 0.25) is 0 Å². The van der Waals surface area contributed by atoms with Gasteiger partial charge in [-0.05, 0) is 0 Å². The fourth-order valence-electron chi connectivity index (χ4n) is 0. The van der Waals surface area contributed by atoms with Crippen LogP contribution in [0.4, 0.5) is 0 Å². The molecule has 0 bridgehead atoms. The van der Waals surface area contributed by atoms with Gasteiger partial charge >= 0.3 is 96.8 Å². The minimum absolute atomic E-state index is 0. The molecular formula is H6CsLiO8Si2. The van der Waals surface area contributed by atoms with Crippen molar-refractivity contribution in [2.24, 2.45) is 0 Å². The fraction of sp³-hybridized carbons (Fsp3) is 0. The smallest absolute Gasteiger partial charge is 0.828 e. The number of hydrogen-bond donors (Lipinski definition) is 6. The first-order chi connectivity index (χ1) is 4.00. The van der Waals surface area contributed by atoms with Crippen molar-refractivity contribution in [1.29, 1.82) is 0 Å². The van der Waals surface area contributed by atoms with Gasteiger partial charge in [-0.15, -0.1) is 0 Å². The van der Waals surface area contributed by atoms with Gasteiger partial charge in [-0.2, -0.15) is 0 Å². The summed E-state index contributed by atoms with van der Waals surface area (Å²) < 4.78 is 0. The molecule has 0 rings (SSSR count). The van der Waals surface area contributed by atoms with Gasteiger partial charge in [-0.3, -0.25) is 0 Å². The second-order valence-electron chi connectivity index (χ2n) is 1.15. The maximum Gasteiger partial charge on any atom is 1.00 e. The van der Waals surface area contributed by atoms with Crippen molar-refractivity contribution in [3.05, 3.63) is 0 Å². The van der Waals surface area contributed by atoms with Crippen LogP contribution in [0.15, 0.2) is 0 Å². The molecule has 0 amide bonds. The van der Waals surface area contributed by atoms with Crippen molar-refractivity contribution in [3.8, 4) is 0 Å². The predicted molar refractivity (Wildman–Crippen MR) is 24.8 cm³/mol. The normalized spacial score (nSPS) is 10.0. The van der Waals surface area contributed by atoms with Crippen molar-refractivity contribution in [3.63, 3.8) is 0 Å². The average molecular weight is 330 g/mol. The largest absolute Gasteiger partial charge is 1.00 e. The molecule has 64 valence electrons. The Hall–Kier alpha value is 2.76. The van der Waals surface area contributed by atoms with Gasteiger partial charge in [0.05, 0.1) is 0 Å². The van der Waals surface area contributed by atoms with Gasteiger partial charge in [0.15, 0.2) is 0 Å². The van der Waals surface area contributed by atoms with Crippen molar-refractivity contribution in [1.82, 2.24) is 0 Å². The zero-order valence-electron chi connectivity index (χ0n) is 6.50. The van der Waals surface area contributed by atoms with E-state index in [4.69, 9.17) is 38.4 Å². The maximum atomic E-state index is 8.80. The van der Waals surface area contributed by atoms with E-state index >= 15 is 0 Å². The van der Waals surface area contributed by atoms with E-state index in [0.717, 1.165) is 0 Å². The van der Waals surface area contributed by atoms with Crippen LogP contribution < -0.4 is 97.3 Å². The molecule has 6 N–H and O–H groups in total. The van der Waals surface area contributed by atoms with E-state index in [2.05, 4.69) is 0 Å². The third-order valence-corrected chi connectivity index (χ3v) is 0. The van der Waals surface area contributed by atoms with E-state index < -0.39 is 18.1 Å². The van der Waals surface area contributed by atoms with Crippen LogP contribution in [0.3, 0.4) is 0 Å². The van der Waals surface area contributed by atoms with Crippen molar-refractivity contribution in [2.75, 3.05) is 0 Å². The molecule has 0 fully saturated rings. The minimum atomic E-state index is -5.11. The molecule has 0 aromatic carbocycles. The van der Waals surface area contributed by atoms with Crippen LogP contribution in [-0.4, -0.2) is 46.9 Å². The predicted octanol–water partition coefficient (Wildman–Crippen LogP) is -12.5. The van der Waals surface area contributed by atoms with E-state index in [9.17, 15) is 0 Å². The van der Waals surface area contributed by atoms with Crippen LogP contribution >= 0.6 is 0 Å². The molecule has 0 saturated carbocycles. The third kappa shape index (κ3) is 231. The van der Waals surface area contributed by atoms with Gasteiger partial charge in [-0.1, -0.05) is 0 Å². The first-order valence-electron chi connectivity index (χ1n) is 1.75. The molecular weight excluding hydrogens is 324 g/mol. The summed E-state index contributed by atoms with van der Waals surface area (Å²) in [6.07, 6.45) is 0. The topological polar surface area (TPSA) is 168 Å². The molecule has 0 radical (unpaired) electrons. The quantitative estimate of drug-likeness (QED) is 0.238. The number of hydrogen-bond acceptors (Lipinski definition) is 8. The van der Waals surface area contributed by atoms with Gasteiger partial charge < -0.3 is 38.4 Å². The van der Waals surface area contributed by atoms with Crippen LogP contribution in [0.25, 0.3) is 0 Å². The molecule has 0 spiro atoms. The Kier molecular flexibility index (Phi) is 20.7. The third-order valence-electron chi connectivity index (χ3n) is 0. The van der Waals surface area contributed by atoms with Gasteiger partial charge in [0.1, 0.15) is 9.05 Å². The maximum absolute atomic E-state index is 8.80. The molecule has 0 atom stereocenters. The Labute approximate surface area is 141 Å². The van der Waals surface area contributed by atoms with E-state index in [1.807, 2.05) is 0 Å². The Morgan fingerprint density at radius 2 is 0.750 bits per heavy atom. The van der Waals surface area contributed by atoms with E-state index in [1.165, 1.54) is 0 Å². The molecule has 8 nitrogen and oxygen atoms in total. The van der Waals surface area contributed by atoms with Crippen molar-refractivity contribution >= 4 is 18.1 Å². The van der Waals surface area contributed by atoms with Gasteiger partial charge in [-0.25, -0.2) is 0 Å². The summed E-state index contributed by atoms with van der Waals surface area (Å²) in [6.45, 7) is 0. The summed E-state index contributed by atoms with van der Waals surface area (Å²) in [7, 11) is -9.72. The van der Waals surface area contributed by atoms with Gasteiger partial charge in [0.25, 0.3) is 0 Å².